The Kier molecular flexibility index (Phi) is 5.05. The fourth-order valence-corrected chi connectivity index (χ4v) is 2.85. The molecular weight excluding hydrogens is 248 g/mol. The molecule has 1 amide bonds. The van der Waals surface area contributed by atoms with Crippen LogP contribution < -0.4 is 10.6 Å². The van der Waals surface area contributed by atoms with Gasteiger partial charge >= 0.3 is 0 Å². The van der Waals surface area contributed by atoms with Crippen molar-refractivity contribution in [3.8, 4) is 0 Å². The van der Waals surface area contributed by atoms with E-state index in [2.05, 4.69) is 49.6 Å². The molecule has 110 valence electrons. The number of carbonyl (C=O) groups excluding carboxylic acids is 1. The lowest BCUT2D eigenvalue weighted by Gasteiger charge is -2.32. The smallest absolute Gasteiger partial charge is 0.220 e. The van der Waals surface area contributed by atoms with Gasteiger partial charge in [-0.25, -0.2) is 0 Å². The summed E-state index contributed by atoms with van der Waals surface area (Å²) in [6.45, 7) is 6.42. The Morgan fingerprint density at radius 2 is 2.20 bits per heavy atom. The van der Waals surface area contributed by atoms with Crippen molar-refractivity contribution >= 4 is 11.6 Å². The molecule has 0 aromatic heterocycles. The predicted molar refractivity (Wildman–Crippen MR) is 83.9 cm³/mol. The molecule has 2 rings (SSSR count). The van der Waals surface area contributed by atoms with Crippen LogP contribution in [0.2, 0.25) is 0 Å². The molecule has 2 atom stereocenters. The first-order valence-corrected chi connectivity index (χ1v) is 7.76. The first-order valence-electron chi connectivity index (χ1n) is 7.76. The molecule has 2 N–H and O–H groups in total. The predicted octanol–water partition coefficient (Wildman–Crippen LogP) is 3.94. The van der Waals surface area contributed by atoms with Crippen LogP contribution in [0.3, 0.4) is 0 Å². The summed E-state index contributed by atoms with van der Waals surface area (Å²) in [6.07, 6.45) is 4.87. The second kappa shape index (κ2) is 6.78. The maximum absolute atomic E-state index is 12.1. The maximum Gasteiger partial charge on any atom is 0.220 e. The Morgan fingerprint density at radius 3 is 2.95 bits per heavy atom. The van der Waals surface area contributed by atoms with Crippen LogP contribution in [0, 0.1) is 6.92 Å². The van der Waals surface area contributed by atoms with Gasteiger partial charge in [-0.15, -0.1) is 0 Å². The van der Waals surface area contributed by atoms with Gasteiger partial charge in [-0.05, 0) is 38.3 Å². The van der Waals surface area contributed by atoms with Gasteiger partial charge in [0.15, 0.2) is 0 Å². The molecule has 0 spiro atoms. The molecule has 1 aliphatic heterocycles. The highest BCUT2D eigenvalue weighted by Crippen LogP contribution is 2.33. The van der Waals surface area contributed by atoms with Gasteiger partial charge in [0.25, 0.3) is 0 Å². The number of rotatable bonds is 5. The van der Waals surface area contributed by atoms with Crippen molar-refractivity contribution < 1.29 is 4.79 Å². The SMILES string of the molecule is CCCCCC(=O)N[C@H]1C[C@@H](C)Nc2ccc(C)cc21. The number of anilines is 1. The number of hydrogen-bond acceptors (Lipinski definition) is 2. The summed E-state index contributed by atoms with van der Waals surface area (Å²) in [6, 6.07) is 6.97. The van der Waals surface area contributed by atoms with Crippen LogP contribution in [0.25, 0.3) is 0 Å². The Labute approximate surface area is 122 Å². The minimum absolute atomic E-state index is 0.148. The lowest BCUT2D eigenvalue weighted by Crippen LogP contribution is -2.36. The zero-order valence-corrected chi connectivity index (χ0v) is 12.8. The molecule has 0 radical (unpaired) electrons. The van der Waals surface area contributed by atoms with E-state index in [0.29, 0.717) is 12.5 Å². The summed E-state index contributed by atoms with van der Waals surface area (Å²) in [5.41, 5.74) is 3.63. The van der Waals surface area contributed by atoms with E-state index in [0.717, 1.165) is 31.4 Å². The first-order chi connectivity index (χ1) is 9.60. The van der Waals surface area contributed by atoms with Crippen molar-refractivity contribution in [2.45, 2.75) is 65.0 Å². The van der Waals surface area contributed by atoms with Gasteiger partial charge in [-0.2, -0.15) is 0 Å². The average Bonchev–Trinajstić information content (AvgIpc) is 2.40. The first kappa shape index (κ1) is 14.9. The Morgan fingerprint density at radius 1 is 1.40 bits per heavy atom. The van der Waals surface area contributed by atoms with Crippen LogP contribution in [0.4, 0.5) is 5.69 Å². The maximum atomic E-state index is 12.1. The molecule has 0 unspecified atom stereocenters. The molecule has 0 aliphatic carbocycles. The third-order valence-corrected chi connectivity index (χ3v) is 3.92. The van der Waals surface area contributed by atoms with Crippen LogP contribution >= 0.6 is 0 Å². The summed E-state index contributed by atoms with van der Waals surface area (Å²) >= 11 is 0. The number of fused-ring (bicyclic) bond motifs is 1. The zero-order valence-electron chi connectivity index (χ0n) is 12.8. The van der Waals surface area contributed by atoms with Gasteiger partial charge in [0.2, 0.25) is 5.91 Å². The minimum atomic E-state index is 0.148. The lowest BCUT2D eigenvalue weighted by molar-refractivity contribution is -0.122. The van der Waals surface area contributed by atoms with Gasteiger partial charge < -0.3 is 10.6 Å². The van der Waals surface area contributed by atoms with Crippen LogP contribution in [0.15, 0.2) is 18.2 Å². The Hall–Kier alpha value is -1.51. The molecule has 0 saturated heterocycles. The number of unbranched alkanes of at least 4 members (excludes halogenated alkanes) is 2. The number of amides is 1. The highest BCUT2D eigenvalue weighted by atomic mass is 16.1. The lowest BCUT2D eigenvalue weighted by atomic mass is 9.92. The van der Waals surface area contributed by atoms with Gasteiger partial charge in [0.1, 0.15) is 0 Å². The molecule has 1 aliphatic rings. The Balaban J connectivity index is 2.05. The largest absolute Gasteiger partial charge is 0.382 e. The van der Waals surface area contributed by atoms with Crippen molar-refractivity contribution in [3.63, 3.8) is 0 Å². The minimum Gasteiger partial charge on any atom is -0.382 e. The van der Waals surface area contributed by atoms with Gasteiger partial charge in [-0.3, -0.25) is 4.79 Å². The molecule has 1 aromatic carbocycles. The van der Waals surface area contributed by atoms with Crippen molar-refractivity contribution in [3.05, 3.63) is 29.3 Å². The topological polar surface area (TPSA) is 41.1 Å². The van der Waals surface area contributed by atoms with E-state index in [4.69, 9.17) is 0 Å². The number of benzene rings is 1. The molecule has 20 heavy (non-hydrogen) atoms. The van der Waals surface area contributed by atoms with Crippen molar-refractivity contribution in [1.82, 2.24) is 5.32 Å². The number of aryl methyl sites for hydroxylation is 1. The summed E-state index contributed by atoms with van der Waals surface area (Å²) in [5.74, 6) is 0.185. The highest BCUT2D eigenvalue weighted by molar-refractivity contribution is 5.77. The van der Waals surface area contributed by atoms with E-state index in [1.807, 2.05) is 0 Å². The normalized spacial score (nSPS) is 20.9. The van der Waals surface area contributed by atoms with E-state index < -0.39 is 0 Å². The summed E-state index contributed by atoms with van der Waals surface area (Å²) in [5, 5.41) is 6.70. The third-order valence-electron chi connectivity index (χ3n) is 3.92. The van der Waals surface area contributed by atoms with Crippen molar-refractivity contribution in [2.24, 2.45) is 0 Å². The third kappa shape index (κ3) is 3.75. The molecule has 3 nitrogen and oxygen atoms in total. The van der Waals surface area contributed by atoms with E-state index >= 15 is 0 Å². The van der Waals surface area contributed by atoms with Crippen LogP contribution in [0.1, 0.15) is 63.1 Å². The number of nitrogens with one attached hydrogen (secondary N) is 2. The van der Waals surface area contributed by atoms with Crippen molar-refractivity contribution in [2.75, 3.05) is 5.32 Å². The fraction of sp³-hybridized carbons (Fsp3) is 0.588. The standard InChI is InChI=1S/C17H26N2O/c1-4-5-6-7-17(20)19-16-11-13(3)18-15-9-8-12(2)10-14(15)16/h8-10,13,16,18H,4-7,11H2,1-3H3,(H,19,20)/t13-,16+/m1/s1. The quantitative estimate of drug-likeness (QED) is 0.799. The van der Waals surface area contributed by atoms with Gasteiger partial charge in [0.05, 0.1) is 6.04 Å². The molecule has 0 bridgehead atoms. The molecule has 1 heterocycles. The fourth-order valence-electron chi connectivity index (χ4n) is 2.85. The van der Waals surface area contributed by atoms with Gasteiger partial charge in [0, 0.05) is 18.2 Å². The zero-order chi connectivity index (χ0) is 14.5. The molecule has 1 aromatic rings. The molecule has 0 fully saturated rings. The highest BCUT2D eigenvalue weighted by Gasteiger charge is 2.25. The van der Waals surface area contributed by atoms with Gasteiger partial charge in [-0.1, -0.05) is 37.5 Å². The molecular formula is C17H26N2O. The Bertz CT molecular complexity index is 470. The van der Waals surface area contributed by atoms with E-state index in [1.54, 1.807) is 0 Å². The van der Waals surface area contributed by atoms with E-state index in [9.17, 15) is 4.79 Å². The molecule has 3 heteroatoms. The van der Waals surface area contributed by atoms with Crippen LogP contribution in [-0.2, 0) is 4.79 Å². The second-order valence-electron chi connectivity index (χ2n) is 5.95. The second-order valence-corrected chi connectivity index (χ2v) is 5.95. The average molecular weight is 274 g/mol. The monoisotopic (exact) mass is 274 g/mol. The number of carbonyl (C=O) groups is 1. The van der Waals surface area contributed by atoms with Crippen molar-refractivity contribution in [1.29, 1.82) is 0 Å². The summed E-state index contributed by atoms with van der Waals surface area (Å²) in [7, 11) is 0. The summed E-state index contributed by atoms with van der Waals surface area (Å²) < 4.78 is 0. The van der Waals surface area contributed by atoms with E-state index in [-0.39, 0.29) is 11.9 Å². The summed E-state index contributed by atoms with van der Waals surface area (Å²) in [4.78, 5) is 12.1. The molecule has 0 saturated carbocycles. The van der Waals surface area contributed by atoms with Crippen LogP contribution in [0.5, 0.6) is 0 Å². The van der Waals surface area contributed by atoms with E-state index in [1.165, 1.54) is 11.1 Å². The number of hydrogen-bond donors (Lipinski definition) is 2. The van der Waals surface area contributed by atoms with Crippen LogP contribution in [-0.4, -0.2) is 11.9 Å².